The molecule has 2 aromatic carbocycles. The average Bonchev–Trinajstić information content (AvgIpc) is 2.99. The highest BCUT2D eigenvalue weighted by Gasteiger charge is 2.11. The average molecular weight is 362 g/mol. The molecule has 0 bridgehead atoms. The minimum Gasteiger partial charge on any atom is -0.486 e. The van der Waals surface area contributed by atoms with Gasteiger partial charge in [-0.25, -0.2) is 9.37 Å². The summed E-state index contributed by atoms with van der Waals surface area (Å²) in [5.74, 6) is -0.0856. The molecule has 0 fully saturated rings. The van der Waals surface area contributed by atoms with Crippen molar-refractivity contribution in [2.24, 2.45) is 0 Å². The summed E-state index contributed by atoms with van der Waals surface area (Å²) >= 11 is 6.98. The molecule has 0 unspecified atom stereocenters. The lowest BCUT2D eigenvalue weighted by Crippen LogP contribution is -2.15. The van der Waals surface area contributed by atoms with Crippen LogP contribution in [-0.4, -0.2) is 14.6 Å². The third-order valence-corrected chi connectivity index (χ3v) is 4.57. The number of ether oxygens (including phenoxy) is 1. The Morgan fingerprint density at radius 1 is 1.25 bits per heavy atom. The van der Waals surface area contributed by atoms with Crippen LogP contribution in [0.15, 0.2) is 47.3 Å². The minimum absolute atomic E-state index is 0.0130. The summed E-state index contributed by atoms with van der Waals surface area (Å²) in [6.45, 7) is 0.131. The van der Waals surface area contributed by atoms with Crippen molar-refractivity contribution >= 4 is 38.8 Å². The van der Waals surface area contributed by atoms with E-state index in [4.69, 9.17) is 16.3 Å². The smallest absolute Gasteiger partial charge is 0.283 e. The zero-order valence-corrected chi connectivity index (χ0v) is 13.6. The fourth-order valence-electron chi connectivity index (χ4n) is 2.26. The van der Waals surface area contributed by atoms with Crippen molar-refractivity contribution in [3.8, 4) is 5.75 Å². The number of fused-ring (bicyclic) bond motifs is 2. The molecule has 120 valence electrons. The molecule has 0 N–H and O–H groups in total. The lowest BCUT2D eigenvalue weighted by atomic mass is 10.2. The summed E-state index contributed by atoms with van der Waals surface area (Å²) < 4.78 is 20.0. The SMILES string of the molecule is O=c1c2ccccc2nc2sc(COc3ccc(F)c(Cl)c3)nn12. The number of hydrogen-bond acceptors (Lipinski definition) is 5. The number of rotatable bonds is 3. The van der Waals surface area contributed by atoms with Crippen LogP contribution >= 0.6 is 22.9 Å². The van der Waals surface area contributed by atoms with E-state index in [1.54, 1.807) is 18.2 Å². The molecule has 5 nitrogen and oxygen atoms in total. The van der Waals surface area contributed by atoms with Gasteiger partial charge in [0.1, 0.15) is 18.2 Å². The quantitative estimate of drug-likeness (QED) is 0.558. The summed E-state index contributed by atoms with van der Waals surface area (Å²) in [7, 11) is 0. The van der Waals surface area contributed by atoms with Gasteiger partial charge in [-0.05, 0) is 24.3 Å². The molecule has 0 aliphatic heterocycles. The fraction of sp³-hybridized carbons (Fsp3) is 0.0625. The molecule has 0 aliphatic carbocycles. The summed E-state index contributed by atoms with van der Waals surface area (Å²) in [5.41, 5.74) is 0.409. The van der Waals surface area contributed by atoms with Gasteiger partial charge in [0.05, 0.1) is 15.9 Å². The van der Waals surface area contributed by atoms with E-state index in [9.17, 15) is 9.18 Å². The van der Waals surface area contributed by atoms with Gasteiger partial charge in [0.25, 0.3) is 5.56 Å². The van der Waals surface area contributed by atoms with E-state index >= 15 is 0 Å². The predicted molar refractivity (Wildman–Crippen MR) is 90.4 cm³/mol. The van der Waals surface area contributed by atoms with Crippen molar-refractivity contribution in [2.75, 3.05) is 0 Å². The van der Waals surface area contributed by atoms with Crippen LogP contribution in [-0.2, 0) is 6.61 Å². The van der Waals surface area contributed by atoms with Gasteiger partial charge < -0.3 is 4.74 Å². The zero-order valence-electron chi connectivity index (χ0n) is 12.1. The maximum absolute atomic E-state index is 13.1. The first-order valence-corrected chi connectivity index (χ1v) is 8.16. The third-order valence-electron chi connectivity index (χ3n) is 3.40. The van der Waals surface area contributed by atoms with Crippen LogP contribution in [0.5, 0.6) is 5.75 Å². The second kappa shape index (κ2) is 5.85. The molecule has 2 aromatic heterocycles. The molecular formula is C16H9ClFN3O2S. The highest BCUT2D eigenvalue weighted by Crippen LogP contribution is 2.23. The van der Waals surface area contributed by atoms with Crippen molar-refractivity contribution in [1.29, 1.82) is 0 Å². The number of para-hydroxylation sites is 1. The van der Waals surface area contributed by atoms with Crippen molar-refractivity contribution < 1.29 is 9.13 Å². The van der Waals surface area contributed by atoms with E-state index in [1.807, 2.05) is 6.07 Å². The Bertz CT molecular complexity index is 1130. The maximum Gasteiger partial charge on any atom is 0.283 e. The molecule has 4 aromatic rings. The number of hydrogen-bond donors (Lipinski definition) is 0. The second-order valence-electron chi connectivity index (χ2n) is 4.99. The first-order valence-electron chi connectivity index (χ1n) is 6.97. The normalized spacial score (nSPS) is 11.2. The van der Waals surface area contributed by atoms with Crippen LogP contribution in [0.1, 0.15) is 5.01 Å². The summed E-state index contributed by atoms with van der Waals surface area (Å²) in [6, 6.07) is 11.2. The van der Waals surface area contributed by atoms with E-state index in [1.165, 1.54) is 34.1 Å². The Labute approximate surface area is 143 Å². The molecule has 4 rings (SSSR count). The standard InChI is InChI=1S/C16H9ClFN3O2S/c17-11-7-9(5-6-12(11)18)23-8-14-20-21-15(22)10-3-1-2-4-13(10)19-16(21)24-14/h1-7H,8H2. The van der Waals surface area contributed by atoms with Gasteiger partial charge in [0, 0.05) is 6.07 Å². The first-order chi connectivity index (χ1) is 11.6. The third kappa shape index (κ3) is 2.61. The molecule has 0 amide bonds. The fourth-order valence-corrected chi connectivity index (χ4v) is 3.24. The Balaban J connectivity index is 1.67. The van der Waals surface area contributed by atoms with Crippen LogP contribution < -0.4 is 10.3 Å². The number of benzene rings is 2. The summed E-state index contributed by atoms with van der Waals surface area (Å²) in [6.07, 6.45) is 0. The molecule has 24 heavy (non-hydrogen) atoms. The predicted octanol–water partition coefficient (Wildman–Crippen LogP) is 3.68. The van der Waals surface area contributed by atoms with Crippen molar-refractivity contribution in [2.45, 2.75) is 6.61 Å². The molecule has 0 radical (unpaired) electrons. The van der Waals surface area contributed by atoms with Crippen LogP contribution in [0, 0.1) is 5.82 Å². The molecule has 2 heterocycles. The van der Waals surface area contributed by atoms with Gasteiger partial charge in [-0.15, -0.1) is 0 Å². The lowest BCUT2D eigenvalue weighted by Gasteiger charge is -2.04. The van der Waals surface area contributed by atoms with Crippen LogP contribution in [0.4, 0.5) is 4.39 Å². The van der Waals surface area contributed by atoms with E-state index < -0.39 is 5.82 Å². The van der Waals surface area contributed by atoms with Crippen LogP contribution in [0.3, 0.4) is 0 Å². The van der Waals surface area contributed by atoms with Gasteiger partial charge in [-0.1, -0.05) is 35.1 Å². The van der Waals surface area contributed by atoms with Crippen LogP contribution in [0.2, 0.25) is 5.02 Å². The van der Waals surface area contributed by atoms with Crippen molar-refractivity contribution in [3.05, 3.63) is 68.7 Å². The van der Waals surface area contributed by atoms with Gasteiger partial charge in [0.2, 0.25) is 4.96 Å². The van der Waals surface area contributed by atoms with Crippen LogP contribution in [0.25, 0.3) is 15.9 Å². The molecule has 0 saturated carbocycles. The zero-order chi connectivity index (χ0) is 16.7. The Morgan fingerprint density at radius 3 is 2.92 bits per heavy atom. The van der Waals surface area contributed by atoms with Gasteiger partial charge >= 0.3 is 0 Å². The van der Waals surface area contributed by atoms with Gasteiger partial charge in [0.15, 0.2) is 5.01 Å². The van der Waals surface area contributed by atoms with Crippen molar-refractivity contribution in [3.63, 3.8) is 0 Å². The Hall–Kier alpha value is -2.51. The van der Waals surface area contributed by atoms with E-state index in [-0.39, 0.29) is 17.2 Å². The first kappa shape index (κ1) is 15.0. The second-order valence-corrected chi connectivity index (χ2v) is 6.44. The maximum atomic E-state index is 13.1. The highest BCUT2D eigenvalue weighted by atomic mass is 35.5. The van der Waals surface area contributed by atoms with Crippen molar-refractivity contribution in [1.82, 2.24) is 14.6 Å². The summed E-state index contributed by atoms with van der Waals surface area (Å²) in [5, 5.41) is 5.32. The van der Waals surface area contributed by atoms with E-state index in [0.29, 0.717) is 26.6 Å². The van der Waals surface area contributed by atoms with Gasteiger partial charge in [-0.2, -0.15) is 9.61 Å². The van der Waals surface area contributed by atoms with E-state index in [0.717, 1.165) is 0 Å². The lowest BCUT2D eigenvalue weighted by molar-refractivity contribution is 0.303. The number of nitrogens with zero attached hydrogens (tertiary/aromatic N) is 3. The molecule has 0 spiro atoms. The largest absolute Gasteiger partial charge is 0.486 e. The molecule has 8 heteroatoms. The molecular weight excluding hydrogens is 353 g/mol. The van der Waals surface area contributed by atoms with E-state index in [2.05, 4.69) is 10.1 Å². The highest BCUT2D eigenvalue weighted by molar-refractivity contribution is 7.16. The number of halogens is 2. The Morgan fingerprint density at radius 2 is 2.08 bits per heavy atom. The van der Waals surface area contributed by atoms with Gasteiger partial charge in [-0.3, -0.25) is 4.79 Å². The monoisotopic (exact) mass is 361 g/mol. The number of aromatic nitrogens is 3. The summed E-state index contributed by atoms with van der Waals surface area (Å²) in [4.78, 5) is 17.4. The molecule has 0 aliphatic rings. The topological polar surface area (TPSA) is 56.5 Å². The molecule has 0 atom stereocenters. The minimum atomic E-state index is -0.508. The Kier molecular flexibility index (Phi) is 3.66. The molecule has 0 saturated heterocycles.